The minimum atomic E-state index is -3.87. The fraction of sp³-hybridized carbons (Fsp3) is 0.357. The third kappa shape index (κ3) is 3.94. The van der Waals surface area contributed by atoms with E-state index in [1.807, 2.05) is 0 Å². The highest BCUT2D eigenvalue weighted by Crippen LogP contribution is 2.23. The van der Waals surface area contributed by atoms with Crippen LogP contribution in [0.5, 0.6) is 0 Å². The number of hydrogen-bond donors (Lipinski definition) is 2. The summed E-state index contributed by atoms with van der Waals surface area (Å²) in [5, 5.41) is 3.62. The van der Waals surface area contributed by atoms with E-state index in [2.05, 4.69) is 14.6 Å². The molecule has 2 N–H and O–H groups in total. The van der Waals surface area contributed by atoms with Gasteiger partial charge in [-0.05, 0) is 52.0 Å². The fourth-order valence-electron chi connectivity index (χ4n) is 2.14. The Morgan fingerprint density at radius 2 is 1.58 bits per heavy atom. The van der Waals surface area contributed by atoms with Crippen molar-refractivity contribution in [3.05, 3.63) is 35.7 Å². The van der Waals surface area contributed by atoms with E-state index in [1.54, 1.807) is 13.8 Å². The Hall–Kier alpha value is -1.91. The van der Waals surface area contributed by atoms with Crippen LogP contribution in [0.4, 0.5) is 5.69 Å². The Bertz CT molecular complexity index is 910. The van der Waals surface area contributed by atoms with Crippen molar-refractivity contribution in [1.82, 2.24) is 9.88 Å². The largest absolute Gasteiger partial charge is 0.360 e. The molecule has 0 radical (unpaired) electrons. The van der Waals surface area contributed by atoms with Gasteiger partial charge in [0, 0.05) is 11.7 Å². The molecule has 0 bridgehead atoms. The number of rotatable bonds is 6. The van der Waals surface area contributed by atoms with Crippen molar-refractivity contribution >= 4 is 25.7 Å². The van der Waals surface area contributed by atoms with E-state index < -0.39 is 20.0 Å². The first-order valence-electron chi connectivity index (χ1n) is 7.11. The molecule has 0 fully saturated rings. The summed E-state index contributed by atoms with van der Waals surface area (Å²) in [5.74, 6) is 0.181. The summed E-state index contributed by atoms with van der Waals surface area (Å²) in [6.45, 7) is 6.45. The molecule has 0 spiro atoms. The van der Waals surface area contributed by atoms with Crippen LogP contribution in [0.15, 0.2) is 38.6 Å². The lowest BCUT2D eigenvalue weighted by Gasteiger charge is -2.11. The first-order chi connectivity index (χ1) is 11.0. The highest BCUT2D eigenvalue weighted by atomic mass is 32.2. The normalized spacial score (nSPS) is 12.5. The molecule has 0 aliphatic rings. The van der Waals surface area contributed by atoms with Crippen molar-refractivity contribution in [2.75, 3.05) is 4.72 Å². The maximum absolute atomic E-state index is 12.4. The van der Waals surface area contributed by atoms with Gasteiger partial charge in [-0.3, -0.25) is 4.72 Å². The molecule has 0 amide bonds. The zero-order chi connectivity index (χ0) is 18.1. The second-order valence-corrected chi connectivity index (χ2v) is 8.89. The lowest BCUT2D eigenvalue weighted by Crippen LogP contribution is -2.30. The van der Waals surface area contributed by atoms with Crippen LogP contribution < -0.4 is 9.44 Å². The summed E-state index contributed by atoms with van der Waals surface area (Å²) >= 11 is 0. The SMILES string of the molecule is Cc1noc(C)c1S(=O)(=O)Nc1ccc(S(=O)(=O)NC(C)C)cc1. The maximum atomic E-state index is 12.4. The molecule has 0 aliphatic carbocycles. The van der Waals surface area contributed by atoms with Crippen LogP contribution in [0.1, 0.15) is 25.3 Å². The van der Waals surface area contributed by atoms with Gasteiger partial charge in [-0.25, -0.2) is 21.6 Å². The van der Waals surface area contributed by atoms with E-state index in [0.29, 0.717) is 0 Å². The second kappa shape index (κ2) is 6.54. The molecule has 0 atom stereocenters. The van der Waals surface area contributed by atoms with E-state index >= 15 is 0 Å². The first-order valence-corrected chi connectivity index (χ1v) is 10.1. The predicted octanol–water partition coefficient (Wildman–Crippen LogP) is 1.78. The van der Waals surface area contributed by atoms with Crippen LogP contribution in [0.2, 0.25) is 0 Å². The number of aryl methyl sites for hydroxylation is 2. The monoisotopic (exact) mass is 373 g/mol. The number of hydrogen-bond acceptors (Lipinski definition) is 6. The van der Waals surface area contributed by atoms with Gasteiger partial charge < -0.3 is 4.52 Å². The number of sulfonamides is 2. The molecule has 0 saturated carbocycles. The molecule has 0 aliphatic heterocycles. The molecule has 1 aromatic carbocycles. The number of aromatic nitrogens is 1. The first kappa shape index (κ1) is 18.4. The summed E-state index contributed by atoms with van der Waals surface area (Å²) in [5.41, 5.74) is 0.485. The lowest BCUT2D eigenvalue weighted by atomic mass is 10.3. The van der Waals surface area contributed by atoms with E-state index in [-0.39, 0.29) is 33.0 Å². The van der Waals surface area contributed by atoms with Crippen molar-refractivity contribution in [2.45, 2.75) is 43.5 Å². The summed E-state index contributed by atoms with van der Waals surface area (Å²) < 4.78 is 58.6. The molecule has 8 nitrogen and oxygen atoms in total. The topological polar surface area (TPSA) is 118 Å². The molecule has 0 unspecified atom stereocenters. The van der Waals surface area contributed by atoms with Crippen molar-refractivity contribution in [1.29, 1.82) is 0 Å². The maximum Gasteiger partial charge on any atom is 0.267 e. The minimum absolute atomic E-state index is 0.0272. The van der Waals surface area contributed by atoms with E-state index in [0.717, 1.165) is 0 Å². The smallest absolute Gasteiger partial charge is 0.267 e. The molecule has 1 aromatic heterocycles. The molecule has 10 heteroatoms. The van der Waals surface area contributed by atoms with Gasteiger partial charge in [0.05, 0.1) is 4.90 Å². The van der Waals surface area contributed by atoms with Crippen LogP contribution >= 0.6 is 0 Å². The molecular formula is C14H19N3O5S2. The predicted molar refractivity (Wildman–Crippen MR) is 88.7 cm³/mol. The summed E-state index contributed by atoms with van der Waals surface area (Å²) in [4.78, 5) is 0.0251. The van der Waals surface area contributed by atoms with Crippen LogP contribution in [-0.4, -0.2) is 28.0 Å². The van der Waals surface area contributed by atoms with Gasteiger partial charge in [-0.2, -0.15) is 0 Å². The fourth-order valence-corrected chi connectivity index (χ4v) is 4.79. The Morgan fingerprint density at radius 1 is 1.00 bits per heavy atom. The molecule has 0 saturated heterocycles. The quantitative estimate of drug-likeness (QED) is 0.797. The van der Waals surface area contributed by atoms with Gasteiger partial charge in [0.15, 0.2) is 10.7 Å². The lowest BCUT2D eigenvalue weighted by molar-refractivity contribution is 0.390. The van der Waals surface area contributed by atoms with E-state index in [9.17, 15) is 16.8 Å². The van der Waals surface area contributed by atoms with Crippen molar-refractivity contribution < 1.29 is 21.4 Å². The average molecular weight is 373 g/mol. The van der Waals surface area contributed by atoms with Crippen molar-refractivity contribution in [3.63, 3.8) is 0 Å². The number of benzene rings is 1. The summed E-state index contributed by atoms with van der Waals surface area (Å²) in [6, 6.07) is 5.17. The molecule has 2 aromatic rings. The average Bonchev–Trinajstić information content (AvgIpc) is 2.77. The Balaban J connectivity index is 2.27. The molecular weight excluding hydrogens is 354 g/mol. The van der Waals surface area contributed by atoms with Gasteiger partial charge in [-0.1, -0.05) is 5.16 Å². The zero-order valence-corrected chi connectivity index (χ0v) is 15.3. The van der Waals surface area contributed by atoms with Crippen LogP contribution in [0, 0.1) is 13.8 Å². The van der Waals surface area contributed by atoms with E-state index in [1.165, 1.54) is 38.1 Å². The molecule has 2 rings (SSSR count). The molecule has 132 valence electrons. The highest BCUT2D eigenvalue weighted by Gasteiger charge is 2.24. The third-order valence-corrected chi connectivity index (χ3v) is 6.34. The van der Waals surface area contributed by atoms with Crippen LogP contribution in [0.25, 0.3) is 0 Å². The van der Waals surface area contributed by atoms with Gasteiger partial charge >= 0.3 is 0 Å². The van der Waals surface area contributed by atoms with Gasteiger partial charge in [-0.15, -0.1) is 0 Å². The number of nitrogens with zero attached hydrogens (tertiary/aromatic N) is 1. The third-order valence-electron chi connectivity index (χ3n) is 3.04. The number of anilines is 1. The molecule has 24 heavy (non-hydrogen) atoms. The Labute approximate surface area is 141 Å². The van der Waals surface area contributed by atoms with Gasteiger partial charge in [0.2, 0.25) is 10.0 Å². The standard InChI is InChI=1S/C14H19N3O5S2/c1-9(2)16-23(18,19)13-7-5-12(6-8-13)17-24(20,21)14-10(3)15-22-11(14)4/h5-9,16-17H,1-4H3. The van der Waals surface area contributed by atoms with Crippen LogP contribution in [0.3, 0.4) is 0 Å². The van der Waals surface area contributed by atoms with Crippen LogP contribution in [-0.2, 0) is 20.0 Å². The molecule has 1 heterocycles. The zero-order valence-electron chi connectivity index (χ0n) is 13.7. The van der Waals surface area contributed by atoms with E-state index in [4.69, 9.17) is 4.52 Å². The highest BCUT2D eigenvalue weighted by molar-refractivity contribution is 7.92. The van der Waals surface area contributed by atoms with Gasteiger partial charge in [0.1, 0.15) is 5.69 Å². The second-order valence-electron chi connectivity index (χ2n) is 5.56. The van der Waals surface area contributed by atoms with Gasteiger partial charge in [0.25, 0.3) is 10.0 Å². The van der Waals surface area contributed by atoms with Crippen molar-refractivity contribution in [3.8, 4) is 0 Å². The minimum Gasteiger partial charge on any atom is -0.360 e. The Morgan fingerprint density at radius 3 is 2.04 bits per heavy atom. The number of nitrogens with one attached hydrogen (secondary N) is 2. The Kier molecular flexibility index (Phi) is 5.02. The van der Waals surface area contributed by atoms with Crippen molar-refractivity contribution in [2.24, 2.45) is 0 Å². The summed E-state index contributed by atoms with van der Waals surface area (Å²) in [7, 11) is -7.50. The summed E-state index contributed by atoms with van der Waals surface area (Å²) in [6.07, 6.45) is 0.